The summed E-state index contributed by atoms with van der Waals surface area (Å²) in [6.07, 6.45) is 3.04. The Balaban J connectivity index is 2.62. The molecule has 1 aromatic rings. The zero-order valence-electron chi connectivity index (χ0n) is 12.6. The fourth-order valence-electron chi connectivity index (χ4n) is 1.89. The number of hydrogen-bond donors (Lipinski definition) is 1. The zero-order valence-corrected chi connectivity index (χ0v) is 15.0. The summed E-state index contributed by atoms with van der Waals surface area (Å²) >= 11 is 5.27. The molecule has 1 rings (SSSR count). The number of benzene rings is 1. The normalized spacial score (nSPS) is 14.2. The van der Waals surface area contributed by atoms with Gasteiger partial charge in [-0.05, 0) is 43.5 Å². The molecule has 4 heteroatoms. The highest BCUT2D eigenvalue weighted by molar-refractivity contribution is 9.10. The van der Waals surface area contributed by atoms with Crippen molar-refractivity contribution in [3.63, 3.8) is 0 Å². The van der Waals surface area contributed by atoms with Gasteiger partial charge in [-0.1, -0.05) is 42.8 Å². The van der Waals surface area contributed by atoms with Crippen molar-refractivity contribution in [3.05, 3.63) is 34.1 Å². The molecule has 0 fully saturated rings. The quantitative estimate of drug-likeness (QED) is 0.661. The maximum Gasteiger partial charge on any atom is 0.127 e. The van der Waals surface area contributed by atoms with Crippen molar-refractivity contribution in [3.8, 4) is 0 Å². The van der Waals surface area contributed by atoms with E-state index in [2.05, 4.69) is 42.0 Å². The summed E-state index contributed by atoms with van der Waals surface area (Å²) in [4.78, 5) is 0. The van der Waals surface area contributed by atoms with Crippen LogP contribution in [0.3, 0.4) is 0 Å². The van der Waals surface area contributed by atoms with Gasteiger partial charge in [-0.15, -0.1) is 0 Å². The lowest BCUT2D eigenvalue weighted by Crippen LogP contribution is -2.34. The fourth-order valence-corrected chi connectivity index (χ4v) is 3.25. The van der Waals surface area contributed by atoms with E-state index in [1.807, 2.05) is 23.9 Å². The predicted molar refractivity (Wildman–Crippen MR) is 92.1 cm³/mol. The van der Waals surface area contributed by atoms with Gasteiger partial charge in [-0.3, -0.25) is 0 Å². The summed E-state index contributed by atoms with van der Waals surface area (Å²) in [5.41, 5.74) is 0.798. The number of thioether (sulfide) groups is 1. The van der Waals surface area contributed by atoms with E-state index in [1.165, 1.54) is 6.42 Å². The fraction of sp³-hybridized carbons (Fsp3) is 0.625. The second-order valence-electron chi connectivity index (χ2n) is 5.14. The van der Waals surface area contributed by atoms with Crippen molar-refractivity contribution < 1.29 is 4.39 Å². The molecule has 0 amide bonds. The van der Waals surface area contributed by atoms with Gasteiger partial charge in [0.25, 0.3) is 0 Å². The summed E-state index contributed by atoms with van der Waals surface area (Å²) < 4.78 is 14.7. The molecule has 1 nitrogen and oxygen atoms in total. The minimum atomic E-state index is -0.115. The van der Waals surface area contributed by atoms with Crippen LogP contribution in [-0.2, 0) is 6.42 Å². The van der Waals surface area contributed by atoms with E-state index in [0.29, 0.717) is 11.3 Å². The van der Waals surface area contributed by atoms with E-state index in [1.54, 1.807) is 6.07 Å². The van der Waals surface area contributed by atoms with Crippen molar-refractivity contribution in [1.82, 2.24) is 5.32 Å². The van der Waals surface area contributed by atoms with Crippen LogP contribution in [0.5, 0.6) is 0 Å². The van der Waals surface area contributed by atoms with Gasteiger partial charge in [-0.2, -0.15) is 11.8 Å². The lowest BCUT2D eigenvalue weighted by Gasteiger charge is -2.20. The standard InChI is InChI=1S/C16H25BrFNS/c1-4-8-19-15(11-20-12(3)5-2)9-13-6-7-14(17)10-16(13)18/h6-7,10,12,15,19H,4-5,8-9,11H2,1-3H3. The summed E-state index contributed by atoms with van der Waals surface area (Å²) in [6.45, 7) is 7.61. The number of halogens is 2. The molecule has 0 aliphatic carbocycles. The van der Waals surface area contributed by atoms with E-state index in [4.69, 9.17) is 0 Å². The molecule has 0 spiro atoms. The van der Waals surface area contributed by atoms with E-state index in [-0.39, 0.29) is 5.82 Å². The molecular weight excluding hydrogens is 337 g/mol. The molecule has 0 saturated heterocycles. The van der Waals surface area contributed by atoms with Gasteiger partial charge in [0.1, 0.15) is 5.82 Å². The van der Waals surface area contributed by atoms with E-state index >= 15 is 0 Å². The molecule has 2 unspecified atom stereocenters. The van der Waals surface area contributed by atoms with Gasteiger partial charge in [-0.25, -0.2) is 4.39 Å². The second kappa shape index (κ2) is 9.80. The first-order valence-electron chi connectivity index (χ1n) is 7.35. The third-order valence-corrected chi connectivity index (χ3v) is 5.31. The number of rotatable bonds is 9. The van der Waals surface area contributed by atoms with Crippen molar-refractivity contribution in [2.45, 2.75) is 51.3 Å². The molecule has 2 atom stereocenters. The van der Waals surface area contributed by atoms with Crippen LogP contribution in [0.25, 0.3) is 0 Å². The van der Waals surface area contributed by atoms with Crippen molar-refractivity contribution >= 4 is 27.7 Å². The largest absolute Gasteiger partial charge is 0.313 e. The van der Waals surface area contributed by atoms with E-state index < -0.39 is 0 Å². The first-order chi connectivity index (χ1) is 9.56. The van der Waals surface area contributed by atoms with Crippen LogP contribution in [0.2, 0.25) is 0 Å². The lowest BCUT2D eigenvalue weighted by atomic mass is 10.1. The van der Waals surface area contributed by atoms with Crippen molar-refractivity contribution in [2.75, 3.05) is 12.3 Å². The zero-order chi connectivity index (χ0) is 15.0. The Kier molecular flexibility index (Phi) is 8.82. The highest BCUT2D eigenvalue weighted by Gasteiger charge is 2.13. The molecule has 20 heavy (non-hydrogen) atoms. The smallest absolute Gasteiger partial charge is 0.127 e. The molecule has 0 radical (unpaired) electrons. The molecule has 0 aromatic heterocycles. The van der Waals surface area contributed by atoms with Gasteiger partial charge in [0, 0.05) is 21.5 Å². The Labute approximate surface area is 135 Å². The monoisotopic (exact) mass is 361 g/mol. The molecular formula is C16H25BrFNS. The molecule has 0 bridgehead atoms. The average Bonchev–Trinajstić information content (AvgIpc) is 2.43. The Morgan fingerprint density at radius 2 is 2.10 bits per heavy atom. The minimum absolute atomic E-state index is 0.115. The van der Waals surface area contributed by atoms with Crippen LogP contribution in [0.1, 0.15) is 39.2 Å². The SMILES string of the molecule is CCCNC(CSC(C)CC)Cc1ccc(Br)cc1F. The molecule has 0 saturated carbocycles. The highest BCUT2D eigenvalue weighted by Crippen LogP contribution is 2.20. The maximum atomic E-state index is 13.9. The molecule has 114 valence electrons. The van der Waals surface area contributed by atoms with Crippen LogP contribution in [-0.4, -0.2) is 23.6 Å². The third-order valence-electron chi connectivity index (χ3n) is 3.32. The van der Waals surface area contributed by atoms with Crippen molar-refractivity contribution in [1.29, 1.82) is 0 Å². The van der Waals surface area contributed by atoms with Gasteiger partial charge >= 0.3 is 0 Å². The molecule has 1 N–H and O–H groups in total. The van der Waals surface area contributed by atoms with Crippen LogP contribution < -0.4 is 5.32 Å². The lowest BCUT2D eigenvalue weighted by molar-refractivity contribution is 0.530. The Bertz CT molecular complexity index is 400. The Morgan fingerprint density at radius 3 is 2.70 bits per heavy atom. The highest BCUT2D eigenvalue weighted by atomic mass is 79.9. The van der Waals surface area contributed by atoms with Crippen LogP contribution in [0.4, 0.5) is 4.39 Å². The van der Waals surface area contributed by atoms with Gasteiger partial charge in [0.05, 0.1) is 0 Å². The summed E-state index contributed by atoms with van der Waals surface area (Å²) in [5, 5.41) is 4.20. The average molecular weight is 362 g/mol. The van der Waals surface area contributed by atoms with Crippen LogP contribution in [0, 0.1) is 5.82 Å². The predicted octanol–water partition coefficient (Wildman–Crippen LogP) is 5.03. The van der Waals surface area contributed by atoms with Gasteiger partial charge in [0.2, 0.25) is 0 Å². The topological polar surface area (TPSA) is 12.0 Å². The maximum absolute atomic E-state index is 13.9. The van der Waals surface area contributed by atoms with E-state index in [0.717, 1.165) is 35.2 Å². The molecule has 0 aliphatic rings. The van der Waals surface area contributed by atoms with E-state index in [9.17, 15) is 4.39 Å². The van der Waals surface area contributed by atoms with Crippen LogP contribution in [0.15, 0.2) is 22.7 Å². The Morgan fingerprint density at radius 1 is 1.35 bits per heavy atom. The summed E-state index contributed by atoms with van der Waals surface area (Å²) in [6, 6.07) is 5.68. The first-order valence-corrected chi connectivity index (χ1v) is 9.19. The molecule has 0 heterocycles. The second-order valence-corrected chi connectivity index (χ2v) is 7.53. The first kappa shape index (κ1) is 18.0. The summed E-state index contributed by atoms with van der Waals surface area (Å²) in [7, 11) is 0. The minimum Gasteiger partial charge on any atom is -0.313 e. The van der Waals surface area contributed by atoms with Gasteiger partial charge < -0.3 is 5.32 Å². The summed E-state index contributed by atoms with van der Waals surface area (Å²) in [5.74, 6) is 0.918. The molecule has 0 aliphatic heterocycles. The Hall–Kier alpha value is -0.0600. The number of hydrogen-bond acceptors (Lipinski definition) is 2. The van der Waals surface area contributed by atoms with Crippen molar-refractivity contribution in [2.24, 2.45) is 0 Å². The molecule has 1 aromatic carbocycles. The van der Waals surface area contributed by atoms with Gasteiger partial charge in [0.15, 0.2) is 0 Å². The third kappa shape index (κ3) is 6.59. The number of nitrogens with one attached hydrogen (secondary N) is 1. The van der Waals surface area contributed by atoms with Crippen LogP contribution >= 0.6 is 27.7 Å².